The van der Waals surface area contributed by atoms with Gasteiger partial charge in [-0.3, -0.25) is 4.90 Å². The first-order valence-electron chi connectivity index (χ1n) is 18.2. The Balaban J connectivity index is 1.14. The van der Waals surface area contributed by atoms with E-state index in [9.17, 15) is 14.3 Å². The van der Waals surface area contributed by atoms with Crippen molar-refractivity contribution in [1.29, 1.82) is 0 Å². The molecule has 54 heavy (non-hydrogen) atoms. The Morgan fingerprint density at radius 3 is 2.65 bits per heavy atom. The smallest absolute Gasteiger partial charge is 0.355 e. The van der Waals surface area contributed by atoms with E-state index in [1.165, 1.54) is 17.4 Å². The van der Waals surface area contributed by atoms with Crippen molar-refractivity contribution in [3.8, 4) is 17.6 Å². The molecule has 0 unspecified atom stereocenters. The van der Waals surface area contributed by atoms with Gasteiger partial charge in [-0.05, 0) is 95.2 Å². The van der Waals surface area contributed by atoms with Gasteiger partial charge in [0.15, 0.2) is 39.2 Å². The minimum absolute atomic E-state index is 0.00402. The Morgan fingerprint density at radius 1 is 1.06 bits per heavy atom. The van der Waals surface area contributed by atoms with Crippen LogP contribution in [0.1, 0.15) is 52.2 Å². The number of nitrogens with zero attached hydrogens (tertiary/aromatic N) is 7. The molecule has 1 fully saturated rings. The number of aromatic nitrogens is 4. The number of rotatable bonds is 17. The van der Waals surface area contributed by atoms with E-state index in [4.69, 9.17) is 4.74 Å². The molecule has 0 bridgehead atoms. The number of hydrogen-bond acceptors (Lipinski definition) is 13. The zero-order valence-corrected chi connectivity index (χ0v) is 32.5. The third-order valence-electron chi connectivity index (χ3n) is 8.82. The summed E-state index contributed by atoms with van der Waals surface area (Å²) >= 11 is 2.88. The van der Waals surface area contributed by atoms with Gasteiger partial charge in [-0.25, -0.2) is 19.2 Å². The highest BCUT2D eigenvalue weighted by Crippen LogP contribution is 2.34. The molecule has 12 nitrogen and oxygen atoms in total. The summed E-state index contributed by atoms with van der Waals surface area (Å²) in [5.74, 6) is 5.69. The fourth-order valence-electron chi connectivity index (χ4n) is 5.98. The van der Waals surface area contributed by atoms with E-state index in [1.54, 1.807) is 23.5 Å². The number of carbonyl (C=O) groups is 1. The highest BCUT2D eigenvalue weighted by atomic mass is 32.1. The molecular weight excluding hydrogens is 726 g/mol. The van der Waals surface area contributed by atoms with Gasteiger partial charge in [0.2, 0.25) is 0 Å². The number of hydrogen-bond donors (Lipinski definition) is 3. The van der Waals surface area contributed by atoms with Gasteiger partial charge in [0.05, 0.1) is 23.4 Å². The van der Waals surface area contributed by atoms with E-state index in [0.29, 0.717) is 53.1 Å². The number of benzene rings is 2. The lowest BCUT2D eigenvalue weighted by molar-refractivity contribution is 0.0690. The number of nitrogens with one attached hydrogen (secondary N) is 2. The Labute approximate surface area is 323 Å². The molecule has 3 aromatic heterocycles. The van der Waals surface area contributed by atoms with Gasteiger partial charge in [0.1, 0.15) is 0 Å². The number of aromatic carboxylic acids is 1. The number of carboxylic acid groups (broad SMARTS) is 1. The molecule has 6 rings (SSSR count). The number of ether oxygens (including phenoxy) is 1. The molecule has 3 N–H and O–H groups in total. The Kier molecular flexibility index (Phi) is 13.7. The maximum absolute atomic E-state index is 14.7. The molecule has 1 saturated heterocycles. The lowest BCUT2D eigenvalue weighted by atomic mass is 10.2. The van der Waals surface area contributed by atoms with E-state index in [-0.39, 0.29) is 18.1 Å². The molecule has 1 aliphatic rings. The number of aryl methyl sites for hydroxylation is 2. The summed E-state index contributed by atoms with van der Waals surface area (Å²) in [6.45, 7) is 8.59. The highest BCUT2D eigenvalue weighted by Gasteiger charge is 2.23. The van der Waals surface area contributed by atoms with Crippen LogP contribution >= 0.6 is 22.7 Å². The van der Waals surface area contributed by atoms with Crippen LogP contribution in [0.5, 0.6) is 5.75 Å². The van der Waals surface area contributed by atoms with E-state index in [1.807, 2.05) is 61.2 Å². The predicted octanol–water partition coefficient (Wildman–Crippen LogP) is 6.57. The molecule has 1 aliphatic heterocycles. The zero-order valence-electron chi connectivity index (χ0n) is 30.9. The summed E-state index contributed by atoms with van der Waals surface area (Å²) in [5.41, 5.74) is 2.37. The van der Waals surface area contributed by atoms with Crippen molar-refractivity contribution in [1.82, 2.24) is 35.3 Å². The number of thiazole rings is 2. The van der Waals surface area contributed by atoms with Crippen molar-refractivity contribution in [3.05, 3.63) is 76.0 Å². The van der Waals surface area contributed by atoms with E-state index < -0.39 is 11.8 Å². The molecule has 0 spiro atoms. The molecule has 5 aromatic rings. The van der Waals surface area contributed by atoms with Crippen LogP contribution in [0.3, 0.4) is 0 Å². The molecule has 4 heterocycles. The number of anilines is 4. The van der Waals surface area contributed by atoms with E-state index in [2.05, 4.69) is 47.5 Å². The second-order valence-corrected chi connectivity index (χ2v) is 15.5. The Hall–Kier alpha value is -4.72. The summed E-state index contributed by atoms with van der Waals surface area (Å²) in [7, 11) is 3.84. The zero-order chi connectivity index (χ0) is 37.9. The second-order valence-electron chi connectivity index (χ2n) is 13.4. The fraction of sp³-hybridized carbons (Fsp3) is 0.410. The molecule has 15 heteroatoms. The second kappa shape index (κ2) is 19.0. The largest absolute Gasteiger partial charge is 0.491 e. The number of carboxylic acids is 1. The fourth-order valence-corrected chi connectivity index (χ4v) is 7.97. The molecule has 284 valence electrons. The normalized spacial score (nSPS) is 13.2. The van der Waals surface area contributed by atoms with Gasteiger partial charge in [-0.1, -0.05) is 41.7 Å². The summed E-state index contributed by atoms with van der Waals surface area (Å²) in [5, 5.41) is 27.3. The van der Waals surface area contributed by atoms with Gasteiger partial charge >= 0.3 is 5.97 Å². The molecule has 0 aliphatic carbocycles. The third-order valence-corrected chi connectivity index (χ3v) is 10.9. The maximum Gasteiger partial charge on any atom is 0.355 e. The van der Waals surface area contributed by atoms with Gasteiger partial charge < -0.3 is 30.3 Å². The lowest BCUT2D eigenvalue weighted by Crippen LogP contribution is -2.43. The average Bonchev–Trinajstić information content (AvgIpc) is 3.78. The van der Waals surface area contributed by atoms with Crippen molar-refractivity contribution in [2.24, 2.45) is 0 Å². The van der Waals surface area contributed by atoms with Crippen molar-refractivity contribution in [2.45, 2.75) is 39.0 Å². The van der Waals surface area contributed by atoms with Crippen LogP contribution in [0.4, 0.5) is 26.3 Å². The molecule has 0 amide bonds. The van der Waals surface area contributed by atoms with Crippen LogP contribution < -0.4 is 20.3 Å². The van der Waals surface area contributed by atoms with E-state index >= 15 is 0 Å². The van der Waals surface area contributed by atoms with Crippen molar-refractivity contribution in [3.63, 3.8) is 0 Å². The number of fused-ring (bicyclic) bond motifs is 1. The molecule has 0 saturated carbocycles. The minimum Gasteiger partial charge on any atom is -0.491 e. The van der Waals surface area contributed by atoms with Gasteiger partial charge in [-0.15, -0.1) is 21.5 Å². The first kappa shape index (κ1) is 39.0. The van der Waals surface area contributed by atoms with Crippen molar-refractivity contribution < 1.29 is 19.0 Å². The minimum atomic E-state index is -1.10. The van der Waals surface area contributed by atoms with Crippen LogP contribution in [-0.4, -0.2) is 108 Å². The number of unbranched alkanes of at least 4 members (excludes halogenated alkanes) is 2. The first-order chi connectivity index (χ1) is 26.2. The van der Waals surface area contributed by atoms with Crippen LogP contribution in [-0.2, 0) is 6.42 Å². The summed E-state index contributed by atoms with van der Waals surface area (Å²) < 4.78 is 21.6. The van der Waals surface area contributed by atoms with Crippen LogP contribution in [0, 0.1) is 24.6 Å². The molecule has 2 aromatic carbocycles. The lowest BCUT2D eigenvalue weighted by Gasteiger charge is -2.27. The summed E-state index contributed by atoms with van der Waals surface area (Å²) in [6.07, 6.45) is 3.83. The van der Waals surface area contributed by atoms with Crippen LogP contribution in [0.2, 0.25) is 0 Å². The summed E-state index contributed by atoms with van der Waals surface area (Å²) in [6, 6.07) is 14.6. The van der Waals surface area contributed by atoms with Gasteiger partial charge in [0, 0.05) is 43.2 Å². The standard InChI is InChI=1S/C39H46FN9O3S2/c1-27-25-34(45-46-36(27)44-38-42-30-12-5-6-13-32(30)53-38)49(21-8-4-7-20-48-22-17-41-18-23-48)39-43-35(37(50)51)33(54-39)14-10-24-52-31-16-15-28(26-29(31)40)11-9-19-47(2)3/h5-6,12-13,15-16,25-26,41H,4,7-8,10,14,17-24H2,1-3H3,(H,50,51)(H,42,44,46). The molecular formula is C39H46FN9O3S2. The molecule has 0 atom stereocenters. The van der Waals surface area contributed by atoms with Crippen molar-refractivity contribution >= 4 is 60.8 Å². The quantitative estimate of drug-likeness (QED) is 0.0698. The van der Waals surface area contributed by atoms with Crippen molar-refractivity contribution in [2.75, 3.05) is 76.7 Å². The van der Waals surface area contributed by atoms with Crippen LogP contribution in [0.25, 0.3) is 10.2 Å². The highest BCUT2D eigenvalue weighted by molar-refractivity contribution is 7.22. The third kappa shape index (κ3) is 10.7. The number of para-hydroxylation sites is 1. The van der Waals surface area contributed by atoms with Crippen LogP contribution in [0.15, 0.2) is 48.5 Å². The Bertz CT molecular complexity index is 2060. The first-order valence-corrected chi connectivity index (χ1v) is 19.8. The van der Waals surface area contributed by atoms with Gasteiger partial charge in [-0.2, -0.15) is 0 Å². The predicted molar refractivity (Wildman–Crippen MR) is 215 cm³/mol. The van der Waals surface area contributed by atoms with E-state index in [0.717, 1.165) is 72.9 Å². The topological polar surface area (TPSA) is 132 Å². The average molecular weight is 772 g/mol. The van der Waals surface area contributed by atoms with Gasteiger partial charge in [0.25, 0.3) is 0 Å². The number of piperazine rings is 1. The summed E-state index contributed by atoms with van der Waals surface area (Å²) in [4.78, 5) is 28.7. The maximum atomic E-state index is 14.7. The SMILES string of the molecule is Cc1cc(N(CCCCCN2CCNCC2)c2nc(C(=O)O)c(CCCOc3ccc(C#CCN(C)C)cc3F)s2)nnc1Nc1nc2ccccc2s1. The number of halogens is 1. The molecule has 0 radical (unpaired) electrons. The monoisotopic (exact) mass is 771 g/mol. The Morgan fingerprint density at radius 2 is 1.89 bits per heavy atom.